The van der Waals surface area contributed by atoms with Crippen LogP contribution >= 0.6 is 0 Å². The van der Waals surface area contributed by atoms with Crippen molar-refractivity contribution in [2.75, 3.05) is 26.2 Å². The van der Waals surface area contributed by atoms with Crippen molar-refractivity contribution < 1.29 is 9.18 Å². The number of rotatable bonds is 3. The maximum absolute atomic E-state index is 13.8. The summed E-state index contributed by atoms with van der Waals surface area (Å²) < 4.78 is 13.8. The van der Waals surface area contributed by atoms with Gasteiger partial charge >= 0.3 is 0 Å². The summed E-state index contributed by atoms with van der Waals surface area (Å²) in [7, 11) is 0. The van der Waals surface area contributed by atoms with Crippen molar-refractivity contribution >= 4 is 5.91 Å². The second kappa shape index (κ2) is 6.47. The second-order valence-electron chi connectivity index (χ2n) is 7.93. The molecule has 130 valence electrons. The Morgan fingerprint density at radius 1 is 1.21 bits per heavy atom. The first-order valence-electron chi connectivity index (χ1n) is 9.41. The zero-order valence-corrected chi connectivity index (χ0v) is 14.3. The SMILES string of the molecule is O=C(C1CC12CCNCC2)N1CCC(Cc2ccccc2F)CC1. The number of hydrogen-bond donors (Lipinski definition) is 1. The fraction of sp³-hybridized carbons (Fsp3) is 0.650. The predicted octanol–water partition coefficient (Wildman–Crippen LogP) is 3.00. The van der Waals surface area contributed by atoms with Crippen molar-refractivity contribution in [2.24, 2.45) is 17.3 Å². The first-order chi connectivity index (χ1) is 11.7. The smallest absolute Gasteiger partial charge is 0.226 e. The van der Waals surface area contributed by atoms with E-state index in [9.17, 15) is 9.18 Å². The van der Waals surface area contributed by atoms with Crippen LogP contribution in [0.4, 0.5) is 4.39 Å². The Bertz CT molecular complexity index is 603. The molecule has 1 saturated carbocycles. The van der Waals surface area contributed by atoms with Crippen molar-refractivity contribution in [3.63, 3.8) is 0 Å². The minimum atomic E-state index is -0.0955. The van der Waals surface area contributed by atoms with Gasteiger partial charge in [0.15, 0.2) is 0 Å². The van der Waals surface area contributed by atoms with Gasteiger partial charge in [-0.1, -0.05) is 18.2 Å². The Morgan fingerprint density at radius 2 is 1.92 bits per heavy atom. The predicted molar refractivity (Wildman–Crippen MR) is 92.1 cm³/mol. The van der Waals surface area contributed by atoms with Gasteiger partial charge in [0.25, 0.3) is 0 Å². The van der Waals surface area contributed by atoms with Gasteiger partial charge in [0.05, 0.1) is 0 Å². The van der Waals surface area contributed by atoms with Gasteiger partial charge < -0.3 is 10.2 Å². The van der Waals surface area contributed by atoms with Crippen LogP contribution in [0, 0.1) is 23.1 Å². The van der Waals surface area contributed by atoms with Gasteiger partial charge in [0.1, 0.15) is 5.82 Å². The van der Waals surface area contributed by atoms with E-state index in [1.165, 1.54) is 0 Å². The van der Waals surface area contributed by atoms with Crippen LogP contribution < -0.4 is 5.32 Å². The standard InChI is InChI=1S/C20H27FN2O/c21-18-4-2-1-3-16(18)13-15-5-11-23(12-6-15)19(24)17-14-20(17)7-9-22-10-8-20/h1-4,15,17,22H,5-14H2. The van der Waals surface area contributed by atoms with E-state index in [-0.39, 0.29) is 11.7 Å². The number of piperidine rings is 2. The lowest BCUT2D eigenvalue weighted by Gasteiger charge is -2.33. The first kappa shape index (κ1) is 16.1. The Hall–Kier alpha value is -1.42. The number of amides is 1. The van der Waals surface area contributed by atoms with Crippen LogP contribution in [0.5, 0.6) is 0 Å². The molecule has 1 aromatic rings. The molecule has 2 aliphatic heterocycles. The van der Waals surface area contributed by atoms with E-state index in [4.69, 9.17) is 0 Å². The normalized spacial score (nSPS) is 26.5. The fourth-order valence-corrected chi connectivity index (χ4v) is 4.73. The van der Waals surface area contributed by atoms with E-state index in [0.29, 0.717) is 17.2 Å². The molecule has 0 bridgehead atoms. The molecule has 4 heteroatoms. The maximum Gasteiger partial charge on any atom is 0.226 e. The highest BCUT2D eigenvalue weighted by Gasteiger charge is 2.58. The van der Waals surface area contributed by atoms with Crippen LogP contribution in [-0.2, 0) is 11.2 Å². The van der Waals surface area contributed by atoms with Crippen molar-refractivity contribution in [3.05, 3.63) is 35.6 Å². The van der Waals surface area contributed by atoms with Gasteiger partial charge in [0, 0.05) is 19.0 Å². The molecule has 3 fully saturated rings. The lowest BCUT2D eigenvalue weighted by Crippen LogP contribution is -2.41. The Labute approximate surface area is 143 Å². The molecule has 3 aliphatic rings. The van der Waals surface area contributed by atoms with Crippen LogP contribution in [0.3, 0.4) is 0 Å². The van der Waals surface area contributed by atoms with Crippen LogP contribution in [-0.4, -0.2) is 37.0 Å². The highest BCUT2D eigenvalue weighted by atomic mass is 19.1. The molecular weight excluding hydrogens is 303 g/mol. The zero-order chi connectivity index (χ0) is 16.6. The molecule has 0 aromatic heterocycles. The maximum atomic E-state index is 13.8. The minimum absolute atomic E-state index is 0.0955. The average molecular weight is 330 g/mol. The summed E-state index contributed by atoms with van der Waals surface area (Å²) in [6.45, 7) is 3.83. The molecule has 1 atom stereocenters. The minimum Gasteiger partial charge on any atom is -0.342 e. The number of nitrogens with zero attached hydrogens (tertiary/aromatic N) is 1. The second-order valence-corrected chi connectivity index (χ2v) is 7.93. The Balaban J connectivity index is 1.29. The Morgan fingerprint density at radius 3 is 2.62 bits per heavy atom. The molecule has 2 saturated heterocycles. The van der Waals surface area contributed by atoms with E-state index in [1.807, 2.05) is 12.1 Å². The summed E-state index contributed by atoms with van der Waals surface area (Å²) in [5, 5.41) is 3.40. The quantitative estimate of drug-likeness (QED) is 0.924. The van der Waals surface area contributed by atoms with Gasteiger partial charge in [-0.2, -0.15) is 0 Å². The van der Waals surface area contributed by atoms with Crippen molar-refractivity contribution in [3.8, 4) is 0 Å². The Kier molecular flexibility index (Phi) is 4.33. The van der Waals surface area contributed by atoms with Gasteiger partial charge in [0.2, 0.25) is 5.91 Å². The molecule has 3 nitrogen and oxygen atoms in total. The van der Waals surface area contributed by atoms with Gasteiger partial charge in [-0.15, -0.1) is 0 Å². The topological polar surface area (TPSA) is 32.3 Å². The number of nitrogens with one attached hydrogen (secondary N) is 1. The van der Waals surface area contributed by atoms with E-state index < -0.39 is 0 Å². The highest BCUT2D eigenvalue weighted by molar-refractivity contribution is 5.82. The summed E-state index contributed by atoms with van der Waals surface area (Å²) >= 11 is 0. The molecule has 1 spiro atoms. The number of carbonyl (C=O) groups is 1. The summed E-state index contributed by atoms with van der Waals surface area (Å²) in [6.07, 6.45) is 6.22. The van der Waals surface area contributed by atoms with Gasteiger partial charge in [-0.05, 0) is 74.6 Å². The van der Waals surface area contributed by atoms with E-state index in [2.05, 4.69) is 10.2 Å². The summed E-state index contributed by atoms with van der Waals surface area (Å²) in [5.74, 6) is 1.07. The first-order valence-corrected chi connectivity index (χ1v) is 9.41. The lowest BCUT2D eigenvalue weighted by atomic mass is 9.89. The average Bonchev–Trinajstić information content (AvgIpc) is 3.30. The molecule has 1 unspecified atom stereocenters. The van der Waals surface area contributed by atoms with Crippen LogP contribution in [0.2, 0.25) is 0 Å². The third-order valence-electron chi connectivity index (χ3n) is 6.48. The zero-order valence-electron chi connectivity index (χ0n) is 14.3. The van der Waals surface area contributed by atoms with Crippen LogP contribution in [0.1, 0.15) is 37.7 Å². The lowest BCUT2D eigenvalue weighted by molar-refractivity contribution is -0.135. The highest BCUT2D eigenvalue weighted by Crippen LogP contribution is 2.59. The van der Waals surface area contributed by atoms with Crippen LogP contribution in [0.15, 0.2) is 24.3 Å². The molecule has 24 heavy (non-hydrogen) atoms. The number of likely N-dealkylation sites (tertiary alicyclic amines) is 1. The van der Waals surface area contributed by atoms with E-state index in [0.717, 1.165) is 70.3 Å². The molecular formula is C20H27FN2O. The number of carbonyl (C=O) groups excluding carboxylic acids is 1. The molecule has 0 radical (unpaired) electrons. The van der Waals surface area contributed by atoms with Crippen molar-refractivity contribution in [1.82, 2.24) is 10.2 Å². The molecule has 2 heterocycles. The molecule has 1 aliphatic carbocycles. The molecule has 4 rings (SSSR count). The molecule has 1 amide bonds. The largest absolute Gasteiger partial charge is 0.342 e. The van der Waals surface area contributed by atoms with Crippen LogP contribution in [0.25, 0.3) is 0 Å². The number of hydrogen-bond acceptors (Lipinski definition) is 2. The fourth-order valence-electron chi connectivity index (χ4n) is 4.73. The number of halogens is 1. The van der Waals surface area contributed by atoms with Gasteiger partial charge in [-0.3, -0.25) is 4.79 Å². The van der Waals surface area contributed by atoms with E-state index in [1.54, 1.807) is 12.1 Å². The summed E-state index contributed by atoms with van der Waals surface area (Å²) in [4.78, 5) is 14.9. The van der Waals surface area contributed by atoms with Gasteiger partial charge in [-0.25, -0.2) is 4.39 Å². The monoisotopic (exact) mass is 330 g/mol. The summed E-state index contributed by atoms with van der Waals surface area (Å²) in [5.41, 5.74) is 1.14. The van der Waals surface area contributed by atoms with Crippen molar-refractivity contribution in [1.29, 1.82) is 0 Å². The molecule has 1 aromatic carbocycles. The molecule has 1 N–H and O–H groups in total. The third-order valence-corrected chi connectivity index (χ3v) is 6.48. The van der Waals surface area contributed by atoms with Crippen molar-refractivity contribution in [2.45, 2.75) is 38.5 Å². The number of benzene rings is 1. The van der Waals surface area contributed by atoms with E-state index >= 15 is 0 Å². The summed E-state index contributed by atoms with van der Waals surface area (Å²) in [6, 6.07) is 7.08. The third kappa shape index (κ3) is 3.08.